The minimum Gasteiger partial charge on any atom is -0.508 e. The first kappa shape index (κ1) is 30.4. The number of carbonyl (C=O) groups is 2. The van der Waals surface area contributed by atoms with Gasteiger partial charge in [-0.25, -0.2) is 0 Å². The molecule has 8 N–H and O–H groups in total. The van der Waals surface area contributed by atoms with Gasteiger partial charge in [0.2, 0.25) is 0 Å². The van der Waals surface area contributed by atoms with Gasteiger partial charge in [-0.15, -0.1) is 0 Å². The van der Waals surface area contributed by atoms with E-state index < -0.39 is 58.8 Å². The molecule has 0 fully saturated rings. The molecule has 1 aliphatic heterocycles. The number of aliphatic hydroxyl groups excluding tert-OH is 1. The van der Waals surface area contributed by atoms with E-state index in [1.54, 1.807) is 13.0 Å². The number of ether oxygens (including phenoxy) is 1. The van der Waals surface area contributed by atoms with E-state index >= 15 is 0 Å². The second-order valence-electron chi connectivity index (χ2n) is 11.7. The van der Waals surface area contributed by atoms with Crippen LogP contribution in [0.15, 0.2) is 78.4 Å². The fourth-order valence-electron chi connectivity index (χ4n) is 6.54. The van der Waals surface area contributed by atoms with Gasteiger partial charge in [0.05, 0.1) is 11.1 Å². The third-order valence-electron chi connectivity index (χ3n) is 8.67. The van der Waals surface area contributed by atoms with Crippen LogP contribution in [0.3, 0.4) is 0 Å². The number of Topliss-reactive ketones (excluding diaryl/α,β-unsaturated/α-hetero) is 2. The normalized spacial score (nSPS) is 22.4. The lowest BCUT2D eigenvalue weighted by Crippen LogP contribution is -2.36. The number of rotatable bonds is 5. The van der Waals surface area contributed by atoms with Crippen LogP contribution >= 0.6 is 0 Å². The third-order valence-corrected chi connectivity index (χ3v) is 8.67. The minimum absolute atomic E-state index is 0.0264. The Bertz CT molecular complexity index is 1930. The second-order valence-corrected chi connectivity index (χ2v) is 11.7. The average molecular weight is 627 g/mol. The van der Waals surface area contributed by atoms with Crippen LogP contribution in [0.5, 0.6) is 46.0 Å². The van der Waals surface area contributed by atoms with E-state index in [1.807, 2.05) is 0 Å². The van der Waals surface area contributed by atoms with Crippen molar-refractivity contribution in [3.63, 3.8) is 0 Å². The van der Waals surface area contributed by atoms with Crippen molar-refractivity contribution in [3.05, 3.63) is 106 Å². The highest BCUT2D eigenvalue weighted by atomic mass is 16.5. The van der Waals surface area contributed by atoms with Crippen molar-refractivity contribution in [1.29, 1.82) is 0 Å². The molecule has 0 amide bonds. The summed E-state index contributed by atoms with van der Waals surface area (Å²) >= 11 is 0. The van der Waals surface area contributed by atoms with Crippen molar-refractivity contribution in [3.8, 4) is 46.0 Å². The van der Waals surface area contributed by atoms with Gasteiger partial charge < -0.3 is 45.6 Å². The number of hydrogen-bond acceptors (Lipinski definition) is 11. The molecule has 0 radical (unpaired) electrons. The van der Waals surface area contributed by atoms with Crippen LogP contribution in [0.1, 0.15) is 68.7 Å². The first-order valence-electron chi connectivity index (χ1n) is 14.4. The number of aliphatic hydroxyl groups is 1. The summed E-state index contributed by atoms with van der Waals surface area (Å²) in [4.78, 5) is 27.4. The van der Waals surface area contributed by atoms with E-state index in [-0.39, 0.29) is 57.4 Å². The summed E-state index contributed by atoms with van der Waals surface area (Å²) in [6, 6.07) is 13.6. The molecule has 236 valence electrons. The maximum atomic E-state index is 14.3. The van der Waals surface area contributed by atoms with Crippen LogP contribution in [0.4, 0.5) is 0 Å². The highest BCUT2D eigenvalue weighted by Gasteiger charge is 2.44. The fourth-order valence-corrected chi connectivity index (χ4v) is 6.54. The lowest BCUT2D eigenvalue weighted by atomic mass is 9.65. The van der Waals surface area contributed by atoms with Crippen molar-refractivity contribution in [2.24, 2.45) is 5.92 Å². The zero-order valence-corrected chi connectivity index (χ0v) is 24.3. The Kier molecular flexibility index (Phi) is 7.49. The molecule has 0 bridgehead atoms. The van der Waals surface area contributed by atoms with Gasteiger partial charge in [-0.05, 0) is 55.3 Å². The van der Waals surface area contributed by atoms with Crippen LogP contribution in [0.2, 0.25) is 0 Å². The predicted molar refractivity (Wildman–Crippen MR) is 163 cm³/mol. The lowest BCUT2D eigenvalue weighted by Gasteiger charge is -2.37. The van der Waals surface area contributed by atoms with Gasteiger partial charge in [-0.3, -0.25) is 9.59 Å². The average Bonchev–Trinajstić information content (AvgIpc) is 2.98. The van der Waals surface area contributed by atoms with Crippen LogP contribution in [0, 0.1) is 5.92 Å². The summed E-state index contributed by atoms with van der Waals surface area (Å²) in [6.07, 6.45) is -1.21. The second kappa shape index (κ2) is 11.4. The molecule has 0 spiro atoms. The number of phenols is 7. The maximum Gasteiger partial charge on any atom is 0.199 e. The fraction of sp³-hybridized carbons (Fsp3) is 0.200. The largest absolute Gasteiger partial charge is 0.508 e. The molecule has 0 aromatic heterocycles. The Balaban J connectivity index is 1.52. The minimum atomic E-state index is -1.77. The van der Waals surface area contributed by atoms with E-state index in [1.165, 1.54) is 48.5 Å². The molecule has 0 saturated heterocycles. The Morgan fingerprint density at radius 1 is 0.717 bits per heavy atom. The molecule has 4 aromatic carbocycles. The zero-order valence-electron chi connectivity index (χ0n) is 24.3. The molecule has 2 aliphatic rings. The molecule has 5 unspecified atom stereocenters. The first-order valence-corrected chi connectivity index (χ1v) is 14.4. The highest BCUT2D eigenvalue weighted by Crippen LogP contribution is 2.52. The van der Waals surface area contributed by atoms with Gasteiger partial charge in [0.25, 0.3) is 0 Å². The number of allylic oxidation sites excluding steroid dienone is 2. The summed E-state index contributed by atoms with van der Waals surface area (Å²) in [6.45, 7) is 1.80. The van der Waals surface area contributed by atoms with E-state index in [9.17, 15) is 50.4 Å². The molecule has 46 heavy (non-hydrogen) atoms. The topological polar surface area (TPSA) is 205 Å². The van der Waals surface area contributed by atoms with Crippen molar-refractivity contribution in [1.82, 2.24) is 0 Å². The molecular weight excluding hydrogens is 596 g/mol. The standard InChI is InChI=1S/C35H30O11/c1-15-8-23(19-5-2-16(36)10-26(19)39)31(32(43)20-6-3-17(37)11-27(20)40)24(9-15)22-13-25(29(42)14-28(22)41)35-34(45)33(44)21-7-4-18(38)12-30(21)46-35/h2-7,9-14,23-24,31,34-42,45H,8H2,1H3. The number of ketones is 2. The van der Waals surface area contributed by atoms with Crippen LogP contribution in [-0.2, 0) is 0 Å². The number of hydrogen-bond donors (Lipinski definition) is 8. The van der Waals surface area contributed by atoms with Gasteiger partial charge in [0.15, 0.2) is 23.8 Å². The number of aromatic hydroxyl groups is 7. The number of carbonyl (C=O) groups excluding carboxylic acids is 2. The molecule has 11 nitrogen and oxygen atoms in total. The van der Waals surface area contributed by atoms with Crippen molar-refractivity contribution in [2.75, 3.05) is 0 Å². The SMILES string of the molecule is CC1=CC(c2cc(C3Oc4cc(O)ccc4C(=O)C3O)c(O)cc2O)C(C(=O)c2ccc(O)cc2O)C(c2ccc(O)cc2O)C1. The number of benzene rings is 4. The van der Waals surface area contributed by atoms with Gasteiger partial charge >= 0.3 is 0 Å². The van der Waals surface area contributed by atoms with E-state index in [2.05, 4.69) is 0 Å². The Morgan fingerprint density at radius 3 is 2.02 bits per heavy atom. The first-order chi connectivity index (χ1) is 21.8. The van der Waals surface area contributed by atoms with Crippen LogP contribution in [-0.4, -0.2) is 58.5 Å². The quantitative estimate of drug-likeness (QED) is 0.109. The Morgan fingerprint density at radius 2 is 1.33 bits per heavy atom. The third kappa shape index (κ3) is 5.20. The molecule has 1 heterocycles. The summed E-state index contributed by atoms with van der Waals surface area (Å²) in [5.74, 6) is -6.50. The maximum absolute atomic E-state index is 14.3. The summed E-state index contributed by atoms with van der Waals surface area (Å²) < 4.78 is 5.89. The highest BCUT2D eigenvalue weighted by molar-refractivity contribution is 6.03. The summed E-state index contributed by atoms with van der Waals surface area (Å²) in [5, 5.41) is 84.3. The Labute approximate surface area is 262 Å². The van der Waals surface area contributed by atoms with Crippen LogP contribution in [0.25, 0.3) is 0 Å². The van der Waals surface area contributed by atoms with Gasteiger partial charge in [0, 0.05) is 53.1 Å². The number of phenolic OH excluding ortho intramolecular Hbond substituents is 7. The zero-order chi connectivity index (χ0) is 33.0. The number of fused-ring (bicyclic) bond motifs is 1. The molecule has 6 rings (SSSR count). The Hall–Kier alpha value is -5.68. The predicted octanol–water partition coefficient (Wildman–Crippen LogP) is 5.02. The van der Waals surface area contributed by atoms with Crippen molar-refractivity contribution < 1.29 is 55.2 Å². The van der Waals surface area contributed by atoms with Crippen molar-refractivity contribution in [2.45, 2.75) is 37.4 Å². The van der Waals surface area contributed by atoms with E-state index in [0.29, 0.717) is 5.56 Å². The smallest absolute Gasteiger partial charge is 0.199 e. The van der Waals surface area contributed by atoms with Crippen molar-refractivity contribution >= 4 is 11.6 Å². The van der Waals surface area contributed by atoms with Gasteiger partial charge in [0.1, 0.15) is 46.0 Å². The molecule has 0 saturated carbocycles. The summed E-state index contributed by atoms with van der Waals surface area (Å²) in [5.41, 5.74) is 1.01. The summed E-state index contributed by atoms with van der Waals surface area (Å²) in [7, 11) is 0. The van der Waals surface area contributed by atoms with Gasteiger partial charge in [-0.1, -0.05) is 17.7 Å². The van der Waals surface area contributed by atoms with E-state index in [4.69, 9.17) is 4.74 Å². The van der Waals surface area contributed by atoms with Crippen LogP contribution < -0.4 is 4.74 Å². The molecule has 5 atom stereocenters. The molecule has 11 heteroatoms. The van der Waals surface area contributed by atoms with E-state index in [0.717, 1.165) is 23.8 Å². The monoisotopic (exact) mass is 626 g/mol. The van der Waals surface area contributed by atoms with Gasteiger partial charge in [-0.2, -0.15) is 0 Å². The molecule has 4 aromatic rings. The lowest BCUT2D eigenvalue weighted by molar-refractivity contribution is 0.0207. The molecular formula is C35H30O11. The molecule has 1 aliphatic carbocycles.